The summed E-state index contributed by atoms with van der Waals surface area (Å²) >= 11 is 1.18. The highest BCUT2D eigenvalue weighted by molar-refractivity contribution is 7.13. The molecule has 0 atom stereocenters. The average Bonchev–Trinajstić information content (AvgIpc) is 2.90. The van der Waals surface area contributed by atoms with Gasteiger partial charge in [-0.25, -0.2) is 9.78 Å². The highest BCUT2D eigenvalue weighted by Gasteiger charge is 2.18. The number of nitrogens with zero attached hydrogens (tertiary/aromatic N) is 1. The number of benzene rings is 1. The molecule has 2 rings (SSSR count). The number of methoxy groups -OCH3 is 1. The molecule has 0 saturated carbocycles. The lowest BCUT2D eigenvalue weighted by atomic mass is 10.1. The Bertz CT molecular complexity index is 666. The van der Waals surface area contributed by atoms with E-state index in [1.165, 1.54) is 11.3 Å². The first kappa shape index (κ1) is 16.5. The van der Waals surface area contributed by atoms with Gasteiger partial charge in [0.15, 0.2) is 0 Å². The van der Waals surface area contributed by atoms with Crippen molar-refractivity contribution in [3.8, 4) is 5.75 Å². The predicted molar refractivity (Wildman–Crippen MR) is 84.9 cm³/mol. The molecular weight excluding hydrogens is 302 g/mol. The average molecular weight is 321 g/mol. The first-order valence-electron chi connectivity index (χ1n) is 6.92. The Labute approximate surface area is 133 Å². The van der Waals surface area contributed by atoms with Gasteiger partial charge < -0.3 is 14.6 Å². The summed E-state index contributed by atoms with van der Waals surface area (Å²) < 4.78 is 10.8. The smallest absolute Gasteiger partial charge is 0.347 e. The summed E-state index contributed by atoms with van der Waals surface area (Å²) in [5.74, 6) is -0.219. The van der Waals surface area contributed by atoms with E-state index in [2.05, 4.69) is 4.98 Å². The van der Waals surface area contributed by atoms with Crippen LogP contribution in [0.25, 0.3) is 0 Å². The molecule has 0 aliphatic rings. The Morgan fingerprint density at radius 3 is 2.82 bits per heavy atom. The normalized spacial score (nSPS) is 10.7. The zero-order valence-corrected chi connectivity index (χ0v) is 13.7. The van der Waals surface area contributed by atoms with Gasteiger partial charge in [-0.3, -0.25) is 0 Å². The van der Waals surface area contributed by atoms with Gasteiger partial charge in [0.2, 0.25) is 0 Å². The van der Waals surface area contributed by atoms with Crippen molar-refractivity contribution >= 4 is 17.3 Å². The van der Waals surface area contributed by atoms with E-state index in [9.17, 15) is 9.90 Å². The van der Waals surface area contributed by atoms with Crippen LogP contribution in [0, 0.1) is 13.8 Å². The van der Waals surface area contributed by atoms with Crippen LogP contribution in [-0.2, 0) is 17.8 Å². The number of aromatic carboxylic acids is 1. The third-order valence-corrected chi connectivity index (χ3v) is 4.52. The van der Waals surface area contributed by atoms with Gasteiger partial charge in [-0.05, 0) is 31.0 Å². The molecule has 5 nitrogen and oxygen atoms in total. The lowest BCUT2D eigenvalue weighted by Gasteiger charge is -2.10. The van der Waals surface area contributed by atoms with E-state index in [0.717, 1.165) is 21.9 Å². The topological polar surface area (TPSA) is 68.7 Å². The number of ether oxygens (including phenoxy) is 2. The van der Waals surface area contributed by atoms with Crippen molar-refractivity contribution in [3.63, 3.8) is 0 Å². The summed E-state index contributed by atoms with van der Waals surface area (Å²) in [7, 11) is 1.61. The largest absolute Gasteiger partial charge is 0.487 e. The fourth-order valence-electron chi connectivity index (χ4n) is 1.99. The van der Waals surface area contributed by atoms with Gasteiger partial charge >= 0.3 is 5.97 Å². The molecule has 0 aliphatic carbocycles. The molecule has 0 saturated heterocycles. The van der Waals surface area contributed by atoms with Gasteiger partial charge in [0.1, 0.15) is 22.9 Å². The third-order valence-electron chi connectivity index (χ3n) is 3.38. The minimum absolute atomic E-state index is 0.148. The Hall–Kier alpha value is -1.92. The van der Waals surface area contributed by atoms with Crippen molar-refractivity contribution in [2.75, 3.05) is 13.7 Å². The molecule has 0 bridgehead atoms. The fraction of sp³-hybridized carbons (Fsp3) is 0.375. The van der Waals surface area contributed by atoms with Crippen LogP contribution in [-0.4, -0.2) is 29.8 Å². The summed E-state index contributed by atoms with van der Waals surface area (Å²) in [4.78, 5) is 15.9. The molecule has 0 amide bonds. The third kappa shape index (κ3) is 3.84. The number of aromatic nitrogens is 1. The van der Waals surface area contributed by atoms with Crippen LogP contribution in [0.1, 0.15) is 31.5 Å². The minimum Gasteiger partial charge on any atom is -0.487 e. The molecule has 6 heteroatoms. The Morgan fingerprint density at radius 1 is 1.36 bits per heavy atom. The monoisotopic (exact) mass is 321 g/mol. The molecule has 1 heterocycles. The summed E-state index contributed by atoms with van der Waals surface area (Å²) in [6.45, 7) is 4.66. The molecule has 0 spiro atoms. The molecule has 1 N–H and O–H groups in total. The van der Waals surface area contributed by atoms with Gasteiger partial charge in [0.05, 0.1) is 11.6 Å². The van der Waals surface area contributed by atoms with Crippen LogP contribution < -0.4 is 4.74 Å². The van der Waals surface area contributed by atoms with Crippen LogP contribution in [0.4, 0.5) is 0 Å². The fourth-order valence-corrected chi connectivity index (χ4v) is 2.88. The number of rotatable bonds is 7. The van der Waals surface area contributed by atoms with E-state index in [0.29, 0.717) is 18.7 Å². The Kier molecular flexibility index (Phi) is 5.51. The van der Waals surface area contributed by atoms with Crippen molar-refractivity contribution in [1.82, 2.24) is 4.98 Å². The second-order valence-corrected chi connectivity index (χ2v) is 6.00. The molecule has 2 aromatic rings. The second-order valence-electron chi connectivity index (χ2n) is 4.92. The van der Waals surface area contributed by atoms with E-state index >= 15 is 0 Å². The van der Waals surface area contributed by atoms with Gasteiger partial charge in [-0.2, -0.15) is 0 Å². The van der Waals surface area contributed by atoms with Crippen LogP contribution >= 0.6 is 11.3 Å². The number of carbonyl (C=O) groups is 1. The highest BCUT2D eigenvalue weighted by Crippen LogP contribution is 2.24. The van der Waals surface area contributed by atoms with Gasteiger partial charge in [0, 0.05) is 13.5 Å². The van der Waals surface area contributed by atoms with Gasteiger partial charge in [-0.1, -0.05) is 12.1 Å². The van der Waals surface area contributed by atoms with Gasteiger partial charge in [0.25, 0.3) is 0 Å². The summed E-state index contributed by atoms with van der Waals surface area (Å²) in [5.41, 5.74) is 2.65. The van der Waals surface area contributed by atoms with E-state index in [4.69, 9.17) is 9.47 Å². The van der Waals surface area contributed by atoms with E-state index in [1.807, 2.05) is 32.0 Å². The minimum atomic E-state index is -0.972. The van der Waals surface area contributed by atoms with Crippen molar-refractivity contribution < 1.29 is 19.4 Å². The lowest BCUT2D eigenvalue weighted by Crippen LogP contribution is -2.04. The maximum absolute atomic E-state index is 11.3. The standard InChI is InChI=1S/C16H19NO4S/c1-10-5-4-6-13(11(10)2)21-9-12-15(16(18)19)22-14(17-12)7-8-20-3/h4-6H,7-9H2,1-3H3,(H,18,19). The first-order chi connectivity index (χ1) is 10.5. The van der Waals surface area contributed by atoms with Crippen molar-refractivity contribution in [1.29, 1.82) is 0 Å². The highest BCUT2D eigenvalue weighted by atomic mass is 32.1. The molecule has 0 fully saturated rings. The molecular formula is C16H19NO4S. The maximum atomic E-state index is 11.3. The number of aryl methyl sites for hydroxylation is 1. The van der Waals surface area contributed by atoms with Crippen molar-refractivity contribution in [2.24, 2.45) is 0 Å². The number of hydrogen-bond donors (Lipinski definition) is 1. The Balaban J connectivity index is 2.16. The zero-order chi connectivity index (χ0) is 16.1. The SMILES string of the molecule is COCCc1nc(COc2cccc(C)c2C)c(C(=O)O)s1. The first-order valence-corrected chi connectivity index (χ1v) is 7.74. The number of hydrogen-bond acceptors (Lipinski definition) is 5. The quantitative estimate of drug-likeness (QED) is 0.848. The van der Waals surface area contributed by atoms with Crippen LogP contribution in [0.15, 0.2) is 18.2 Å². The number of thiazole rings is 1. The lowest BCUT2D eigenvalue weighted by molar-refractivity contribution is 0.0699. The molecule has 0 unspecified atom stereocenters. The van der Waals surface area contributed by atoms with Crippen molar-refractivity contribution in [3.05, 3.63) is 44.9 Å². The van der Waals surface area contributed by atoms with E-state index < -0.39 is 5.97 Å². The van der Waals surface area contributed by atoms with Crippen LogP contribution in [0.5, 0.6) is 5.75 Å². The molecule has 118 valence electrons. The Morgan fingerprint density at radius 2 is 2.14 bits per heavy atom. The van der Waals surface area contributed by atoms with Gasteiger partial charge in [-0.15, -0.1) is 11.3 Å². The van der Waals surface area contributed by atoms with Crippen molar-refractivity contribution in [2.45, 2.75) is 26.9 Å². The zero-order valence-electron chi connectivity index (χ0n) is 12.9. The number of carboxylic acid groups (broad SMARTS) is 1. The molecule has 22 heavy (non-hydrogen) atoms. The maximum Gasteiger partial charge on any atom is 0.347 e. The molecule has 0 aliphatic heterocycles. The molecule has 0 radical (unpaired) electrons. The second kappa shape index (κ2) is 7.38. The number of carboxylic acids is 1. The van der Waals surface area contributed by atoms with Crippen LogP contribution in [0.2, 0.25) is 0 Å². The summed E-state index contributed by atoms with van der Waals surface area (Å²) in [6.07, 6.45) is 0.602. The molecule has 1 aromatic heterocycles. The summed E-state index contributed by atoms with van der Waals surface area (Å²) in [5, 5.41) is 10.0. The summed E-state index contributed by atoms with van der Waals surface area (Å²) in [6, 6.07) is 5.80. The predicted octanol–water partition coefficient (Wildman–Crippen LogP) is 3.23. The molecule has 1 aromatic carbocycles. The van der Waals surface area contributed by atoms with E-state index in [1.54, 1.807) is 7.11 Å². The van der Waals surface area contributed by atoms with Crippen LogP contribution in [0.3, 0.4) is 0 Å². The van der Waals surface area contributed by atoms with E-state index in [-0.39, 0.29) is 11.5 Å².